The maximum atomic E-state index is 15.6. The first-order valence-corrected chi connectivity index (χ1v) is 23.9. The van der Waals surface area contributed by atoms with Crippen LogP contribution in [0.25, 0.3) is 0 Å². The Bertz CT molecular complexity index is 2270. The summed E-state index contributed by atoms with van der Waals surface area (Å²) in [5.41, 5.74) is 1.03. The molecule has 0 saturated carbocycles. The van der Waals surface area contributed by atoms with Gasteiger partial charge in [-0.15, -0.1) is 0 Å². The Labute approximate surface area is 355 Å². The van der Waals surface area contributed by atoms with Crippen molar-refractivity contribution in [2.75, 3.05) is 35.0 Å². The number of methoxy groups -OCH3 is 1. The fourth-order valence-electron chi connectivity index (χ4n) is 10.4. The van der Waals surface area contributed by atoms with Gasteiger partial charge in [0.1, 0.15) is 5.75 Å². The molecule has 5 heterocycles. The first-order valence-electron chi connectivity index (χ1n) is 20.9. The van der Waals surface area contributed by atoms with Crippen molar-refractivity contribution in [1.82, 2.24) is 4.90 Å². The summed E-state index contributed by atoms with van der Waals surface area (Å²) in [5.74, 6) is -1.64. The van der Waals surface area contributed by atoms with Crippen LogP contribution in [0.1, 0.15) is 64.0 Å². The number of aliphatic hydroxyl groups excluding tert-OH is 1. The molecule has 5 aliphatic heterocycles. The van der Waals surface area contributed by atoms with Crippen LogP contribution in [0.3, 0.4) is 0 Å². The Hall–Kier alpha value is -5.58. The van der Waals surface area contributed by atoms with Crippen LogP contribution < -0.4 is 24.6 Å². The quantitative estimate of drug-likeness (QED) is 0.158. The second-order valence-electron chi connectivity index (χ2n) is 17.2. The van der Waals surface area contributed by atoms with Gasteiger partial charge in [-0.2, -0.15) is 0 Å². The molecule has 322 valence electrons. The van der Waals surface area contributed by atoms with Crippen molar-refractivity contribution in [3.63, 3.8) is 0 Å². The number of aliphatic hydroxyl groups is 1. The number of fused-ring (bicyclic) bond motifs is 2. The van der Waals surface area contributed by atoms with Crippen molar-refractivity contribution < 1.29 is 52.8 Å². The fourth-order valence-corrected chi connectivity index (χ4v) is 14.4. The number of anilines is 3. The molecule has 8 rings (SSSR count). The number of amides is 4. The number of esters is 2. The van der Waals surface area contributed by atoms with Crippen LogP contribution in [0.2, 0.25) is 18.6 Å². The van der Waals surface area contributed by atoms with Crippen LogP contribution in [0.4, 0.5) is 17.1 Å². The van der Waals surface area contributed by atoms with Gasteiger partial charge in [0.05, 0.1) is 65.4 Å². The van der Waals surface area contributed by atoms with Crippen molar-refractivity contribution in [2.24, 2.45) is 5.92 Å². The van der Waals surface area contributed by atoms with Gasteiger partial charge in [-0.05, 0) is 66.4 Å². The summed E-state index contributed by atoms with van der Waals surface area (Å²) in [6, 6.07) is 20.1. The smallest absolute Gasteiger partial charge is 0.304 e. The third kappa shape index (κ3) is 7.17. The van der Waals surface area contributed by atoms with E-state index in [1.54, 1.807) is 47.2 Å². The first kappa shape index (κ1) is 42.1. The van der Waals surface area contributed by atoms with E-state index in [1.807, 2.05) is 31.2 Å². The molecular weight excluding hydrogens is 801 g/mol. The number of likely N-dealkylation sites (tertiary alicyclic amines) is 1. The third-order valence-electron chi connectivity index (χ3n) is 13.4. The second-order valence-corrected chi connectivity index (χ2v) is 21.9. The minimum absolute atomic E-state index is 0.00625. The molecule has 0 bridgehead atoms. The molecule has 3 aromatic carbocycles. The molecule has 5 aliphatic rings. The highest BCUT2D eigenvalue weighted by molar-refractivity contribution is 6.91. The highest BCUT2D eigenvalue weighted by Gasteiger charge is 2.67. The summed E-state index contributed by atoms with van der Waals surface area (Å²) in [6.07, 6.45) is -0.553. The van der Waals surface area contributed by atoms with Crippen molar-refractivity contribution in [3.05, 3.63) is 77.9 Å². The summed E-state index contributed by atoms with van der Waals surface area (Å²) in [5, 5.41) is 11.2. The van der Waals surface area contributed by atoms with E-state index < -0.39 is 50.1 Å². The van der Waals surface area contributed by atoms with E-state index in [1.165, 1.54) is 23.6 Å². The molecule has 4 saturated heterocycles. The molecule has 4 amide bonds. The van der Waals surface area contributed by atoms with Crippen molar-refractivity contribution in [1.29, 1.82) is 0 Å². The van der Waals surface area contributed by atoms with Crippen LogP contribution in [-0.2, 0) is 55.1 Å². The van der Waals surface area contributed by atoms with Gasteiger partial charge >= 0.3 is 11.9 Å². The van der Waals surface area contributed by atoms with Gasteiger partial charge in [0.2, 0.25) is 17.7 Å². The zero-order valence-electron chi connectivity index (χ0n) is 35.3. The van der Waals surface area contributed by atoms with Gasteiger partial charge in [-0.3, -0.25) is 38.6 Å². The lowest BCUT2D eigenvalue weighted by atomic mass is 9.82. The molecule has 16 heteroatoms. The number of hydrogen-bond donors (Lipinski definition) is 1. The maximum absolute atomic E-state index is 15.6. The summed E-state index contributed by atoms with van der Waals surface area (Å²) in [7, 11) is -1.03. The Morgan fingerprint density at radius 2 is 1.48 bits per heavy atom. The SMILES string of the molecule is COc1ccc([Si](C)(C)[C@H]2[C@H](CC(=O)N3CCC[C@H]3CO)O[C@@]3(C(=O)N(Cc4ccc(N5C(=O)CC5OC(C)=O)cc4)c4ccc(N5C(=O)CC5OC(C)=O)cc43)[C@@H]2C)cc1. The molecule has 1 N–H and O–H groups in total. The van der Waals surface area contributed by atoms with Crippen molar-refractivity contribution in [3.8, 4) is 5.75 Å². The largest absolute Gasteiger partial charge is 0.497 e. The zero-order chi connectivity index (χ0) is 43.5. The molecular formula is C45H52N4O11Si. The van der Waals surface area contributed by atoms with Gasteiger partial charge in [-0.1, -0.05) is 49.5 Å². The summed E-state index contributed by atoms with van der Waals surface area (Å²) in [6.45, 7) is 9.59. The van der Waals surface area contributed by atoms with E-state index in [0.29, 0.717) is 41.3 Å². The van der Waals surface area contributed by atoms with Crippen molar-refractivity contribution >= 4 is 65.9 Å². The molecule has 4 fully saturated rings. The molecule has 2 unspecified atom stereocenters. The number of hydrogen-bond acceptors (Lipinski definition) is 11. The third-order valence-corrected chi connectivity index (χ3v) is 17.7. The van der Waals surface area contributed by atoms with Gasteiger partial charge in [0, 0.05) is 43.2 Å². The highest BCUT2D eigenvalue weighted by atomic mass is 28.3. The predicted molar refractivity (Wildman–Crippen MR) is 225 cm³/mol. The summed E-state index contributed by atoms with van der Waals surface area (Å²) in [4.78, 5) is 85.4. The molecule has 0 radical (unpaired) electrons. The number of rotatable bonds is 12. The molecule has 15 nitrogen and oxygen atoms in total. The Morgan fingerprint density at radius 3 is 2.05 bits per heavy atom. The maximum Gasteiger partial charge on any atom is 0.304 e. The summed E-state index contributed by atoms with van der Waals surface area (Å²) >= 11 is 0. The van der Waals surface area contributed by atoms with E-state index >= 15 is 4.79 Å². The standard InChI is InChI=1S/C45H52N4O11Si/c1-26-43(61(5,6)34-16-14-33(57-4)15-17-34)37(21-38(53)46-19-7-8-32(46)25-50)60-45(26)35-20-31(49-40(55)23-42(49)59-28(3)52)13-18-36(35)47(44(45)56)24-29-9-11-30(12-10-29)48-39(54)22-41(48)58-27(2)51/h9-18,20,26,32,37,41-43,50H,7-8,19,21-25H2,1-6H3/t26-,32+,37+,41?,42?,43-,45+/m1/s1. The molecule has 0 aromatic heterocycles. The number of benzene rings is 3. The van der Waals surface area contributed by atoms with Crippen molar-refractivity contribution in [2.45, 2.75) is 108 Å². The Balaban J connectivity index is 1.20. The van der Waals surface area contributed by atoms with Gasteiger partial charge in [0.25, 0.3) is 5.91 Å². The Kier molecular flexibility index (Phi) is 11.1. The average Bonchev–Trinajstić information content (AvgIpc) is 3.88. The topological polar surface area (TPSA) is 173 Å². The number of ether oxygens (including phenoxy) is 4. The lowest BCUT2D eigenvalue weighted by Gasteiger charge is -2.39. The highest BCUT2D eigenvalue weighted by Crippen LogP contribution is 2.61. The van der Waals surface area contributed by atoms with Gasteiger partial charge in [-0.25, -0.2) is 0 Å². The Morgan fingerprint density at radius 1 is 0.869 bits per heavy atom. The van der Waals surface area contributed by atoms with E-state index in [0.717, 1.165) is 17.2 Å². The summed E-state index contributed by atoms with van der Waals surface area (Å²) < 4.78 is 23.5. The van der Waals surface area contributed by atoms with Crippen LogP contribution >= 0.6 is 0 Å². The predicted octanol–water partition coefficient (Wildman–Crippen LogP) is 4.08. The number of carbonyl (C=O) groups is 6. The van der Waals surface area contributed by atoms with E-state index in [2.05, 4.69) is 25.2 Å². The van der Waals surface area contributed by atoms with E-state index in [-0.39, 0.29) is 67.6 Å². The van der Waals surface area contributed by atoms with Crippen LogP contribution in [-0.4, -0.2) is 98.5 Å². The number of carbonyl (C=O) groups excluding carboxylic acids is 6. The molecule has 0 aliphatic carbocycles. The van der Waals surface area contributed by atoms with E-state index in [4.69, 9.17) is 18.9 Å². The average molecular weight is 853 g/mol. The van der Waals surface area contributed by atoms with Crippen LogP contribution in [0, 0.1) is 5.92 Å². The minimum Gasteiger partial charge on any atom is -0.497 e. The normalized spacial score (nSPS) is 27.0. The monoisotopic (exact) mass is 852 g/mol. The number of β-lactam (4-membered cyclic amide) rings is 2. The second kappa shape index (κ2) is 16.0. The molecule has 61 heavy (non-hydrogen) atoms. The van der Waals surface area contributed by atoms with Crippen LogP contribution in [0.15, 0.2) is 66.7 Å². The van der Waals surface area contributed by atoms with Gasteiger partial charge in [0.15, 0.2) is 18.1 Å². The lowest BCUT2D eigenvalue weighted by Crippen LogP contribution is -2.55. The molecule has 3 aromatic rings. The van der Waals surface area contributed by atoms with Gasteiger partial charge < -0.3 is 33.9 Å². The molecule has 1 spiro atoms. The van der Waals surface area contributed by atoms with Crippen LogP contribution in [0.5, 0.6) is 5.75 Å². The lowest BCUT2D eigenvalue weighted by molar-refractivity contribution is -0.155. The minimum atomic E-state index is -2.65. The zero-order valence-corrected chi connectivity index (χ0v) is 36.3. The van der Waals surface area contributed by atoms with E-state index in [9.17, 15) is 29.1 Å². The fraction of sp³-hybridized carbons (Fsp3) is 0.467. The number of nitrogens with zero attached hydrogens (tertiary/aromatic N) is 4. The molecule has 7 atom stereocenters. The first-order chi connectivity index (χ1) is 29.1.